The normalized spacial score (nSPS) is 25.0. The molecule has 1 aromatic heterocycles. The minimum Gasteiger partial charge on any atom is -0.497 e. The Morgan fingerprint density at radius 1 is 1.02 bits per heavy atom. The zero-order chi connectivity index (χ0) is 38.8. The average molecular weight is 744 g/mol. The van der Waals surface area contributed by atoms with Crippen molar-refractivity contribution in [3.63, 3.8) is 0 Å². The van der Waals surface area contributed by atoms with Crippen LogP contribution in [-0.4, -0.2) is 106 Å². The molecule has 14 heteroatoms. The van der Waals surface area contributed by atoms with Crippen molar-refractivity contribution in [1.82, 2.24) is 25.4 Å². The molecular formula is C40H49N5O9. The topological polar surface area (TPSA) is 177 Å². The highest BCUT2D eigenvalue weighted by Crippen LogP contribution is 2.47. The first kappa shape index (κ1) is 38.3. The van der Waals surface area contributed by atoms with E-state index in [0.29, 0.717) is 53.9 Å². The molecule has 6 rings (SSSR count). The Bertz CT molecular complexity index is 1910. The Kier molecular flexibility index (Phi) is 11.0. The highest BCUT2D eigenvalue weighted by Gasteiger charge is 2.62. The molecule has 1 unspecified atom stereocenters. The van der Waals surface area contributed by atoms with Crippen molar-refractivity contribution >= 4 is 40.7 Å². The lowest BCUT2D eigenvalue weighted by molar-refractivity contribution is -0.146. The summed E-state index contributed by atoms with van der Waals surface area (Å²) >= 11 is 0. The van der Waals surface area contributed by atoms with Gasteiger partial charge >= 0.3 is 12.1 Å². The van der Waals surface area contributed by atoms with Crippen molar-refractivity contribution < 1.29 is 43.3 Å². The van der Waals surface area contributed by atoms with E-state index in [1.807, 2.05) is 42.5 Å². The molecule has 1 saturated carbocycles. The lowest BCUT2D eigenvalue weighted by Crippen LogP contribution is -2.57. The number of ether oxygens (including phenoxy) is 3. The van der Waals surface area contributed by atoms with Gasteiger partial charge in [0.2, 0.25) is 17.7 Å². The molecule has 5 atom stereocenters. The number of alkyl carbamates (subject to hydrolysis) is 1. The monoisotopic (exact) mass is 743 g/mol. The molecule has 288 valence electrons. The summed E-state index contributed by atoms with van der Waals surface area (Å²) in [5.41, 5.74) is -0.186. The van der Waals surface area contributed by atoms with Crippen molar-refractivity contribution in [2.45, 2.75) is 95.5 Å². The molecular weight excluding hydrogens is 694 g/mol. The first-order chi connectivity index (χ1) is 25.7. The minimum absolute atomic E-state index is 0.0377. The van der Waals surface area contributed by atoms with E-state index in [0.717, 1.165) is 5.56 Å². The van der Waals surface area contributed by atoms with Gasteiger partial charge in [0, 0.05) is 49.5 Å². The third-order valence-electron chi connectivity index (χ3n) is 10.4. The highest BCUT2D eigenvalue weighted by atomic mass is 16.6. The molecule has 1 aliphatic carbocycles. The van der Waals surface area contributed by atoms with Crippen molar-refractivity contribution in [3.8, 4) is 22.8 Å². The van der Waals surface area contributed by atoms with Crippen LogP contribution in [0.1, 0.15) is 66.2 Å². The van der Waals surface area contributed by atoms with E-state index in [4.69, 9.17) is 19.2 Å². The number of carbonyl (C=O) groups excluding carboxylic acids is 4. The van der Waals surface area contributed by atoms with Crippen molar-refractivity contribution in [3.05, 3.63) is 54.6 Å². The molecule has 3 fully saturated rings. The fourth-order valence-corrected chi connectivity index (χ4v) is 7.47. The number of fused-ring (bicyclic) bond motifs is 3. The average Bonchev–Trinajstić information content (AvgIpc) is 3.66. The predicted molar refractivity (Wildman–Crippen MR) is 199 cm³/mol. The zero-order valence-corrected chi connectivity index (χ0v) is 31.4. The van der Waals surface area contributed by atoms with Gasteiger partial charge in [-0.15, -0.1) is 0 Å². The van der Waals surface area contributed by atoms with Crippen LogP contribution in [0, 0.1) is 5.92 Å². The van der Waals surface area contributed by atoms with Crippen LogP contribution in [0.4, 0.5) is 4.79 Å². The predicted octanol–water partition coefficient (Wildman–Crippen LogP) is 4.53. The summed E-state index contributed by atoms with van der Waals surface area (Å²) in [4.78, 5) is 75.0. The number of carbonyl (C=O) groups is 5. The van der Waals surface area contributed by atoms with E-state index in [1.54, 1.807) is 44.9 Å². The molecule has 4 amide bonds. The van der Waals surface area contributed by atoms with Crippen LogP contribution in [0.3, 0.4) is 0 Å². The van der Waals surface area contributed by atoms with Gasteiger partial charge in [0.25, 0.3) is 0 Å². The fraction of sp³-hybridized carbons (Fsp3) is 0.500. The Balaban J connectivity index is 1.36. The van der Waals surface area contributed by atoms with Gasteiger partial charge in [0.15, 0.2) is 0 Å². The first-order valence-electron chi connectivity index (χ1n) is 18.5. The van der Waals surface area contributed by atoms with Gasteiger partial charge < -0.3 is 39.8 Å². The lowest BCUT2D eigenvalue weighted by atomic mass is 10.1. The van der Waals surface area contributed by atoms with Gasteiger partial charge in [0.05, 0.1) is 24.9 Å². The molecule has 2 aromatic carbocycles. The molecule has 0 spiro atoms. The molecule has 3 N–H and O–H groups in total. The zero-order valence-electron chi connectivity index (χ0n) is 31.4. The number of methoxy groups -OCH3 is 1. The maximum absolute atomic E-state index is 14.6. The smallest absolute Gasteiger partial charge is 0.408 e. The fourth-order valence-electron chi connectivity index (χ4n) is 7.47. The summed E-state index contributed by atoms with van der Waals surface area (Å²) < 4.78 is 17.6. The van der Waals surface area contributed by atoms with E-state index >= 15 is 0 Å². The van der Waals surface area contributed by atoms with Gasteiger partial charge in [-0.3, -0.25) is 14.4 Å². The molecule has 2 aliphatic heterocycles. The van der Waals surface area contributed by atoms with Crippen molar-refractivity contribution in [2.24, 2.45) is 5.92 Å². The van der Waals surface area contributed by atoms with Crippen LogP contribution in [-0.2, 0) is 23.9 Å². The number of hydrogen-bond donors (Lipinski definition) is 3. The van der Waals surface area contributed by atoms with Crippen LogP contribution in [0.25, 0.3) is 22.2 Å². The quantitative estimate of drug-likeness (QED) is 0.325. The number of nitrogens with zero attached hydrogens (tertiary/aromatic N) is 3. The van der Waals surface area contributed by atoms with E-state index < -0.39 is 53.2 Å². The number of amides is 4. The van der Waals surface area contributed by atoms with Gasteiger partial charge in [0.1, 0.15) is 40.8 Å². The molecule has 3 aliphatic rings. The summed E-state index contributed by atoms with van der Waals surface area (Å²) in [6, 6.07) is 14.6. The van der Waals surface area contributed by atoms with E-state index in [2.05, 4.69) is 10.6 Å². The molecule has 0 bridgehead atoms. The SMILES string of the molecule is COc1ccc2c(O[C@@H]3C[C@H]4C(=O)N[C@]5(C(=O)O)CC5CCCCN(C(C)=O)CC[C@H](NC(=O)OC(C)(C)C)C(=O)N4C3)cc(-c3ccccc3)nc2c1. The maximum Gasteiger partial charge on any atom is 0.408 e. The number of benzene rings is 2. The number of carboxylic acids is 1. The minimum atomic E-state index is -1.45. The third kappa shape index (κ3) is 8.53. The first-order valence-corrected chi connectivity index (χ1v) is 18.5. The maximum atomic E-state index is 14.6. The second kappa shape index (κ2) is 15.5. The summed E-state index contributed by atoms with van der Waals surface area (Å²) in [7, 11) is 1.57. The van der Waals surface area contributed by atoms with Crippen LogP contribution < -0.4 is 20.1 Å². The second-order valence-electron chi connectivity index (χ2n) is 15.4. The largest absolute Gasteiger partial charge is 0.497 e. The Labute approximate surface area is 314 Å². The Morgan fingerprint density at radius 2 is 1.78 bits per heavy atom. The van der Waals surface area contributed by atoms with E-state index in [-0.39, 0.29) is 44.2 Å². The van der Waals surface area contributed by atoms with Crippen LogP contribution in [0.2, 0.25) is 0 Å². The number of rotatable bonds is 6. The van der Waals surface area contributed by atoms with Gasteiger partial charge in [-0.25, -0.2) is 14.6 Å². The number of carboxylic acid groups (broad SMARTS) is 1. The third-order valence-corrected chi connectivity index (χ3v) is 10.4. The lowest BCUT2D eigenvalue weighted by Gasteiger charge is -2.31. The van der Waals surface area contributed by atoms with E-state index in [9.17, 15) is 29.1 Å². The molecule has 54 heavy (non-hydrogen) atoms. The van der Waals surface area contributed by atoms with Crippen LogP contribution in [0.5, 0.6) is 11.5 Å². The standard InChI is InChI=1S/C40H49N5O9/c1-24(46)44-17-10-9-13-26-22-40(26,37(49)50)43-35(47)33-20-28(23-45(33)36(48)30(16-18-44)42-38(51)54-39(2,3)4)53-34-21-31(25-11-7-6-8-12-25)41-32-19-27(52-5)14-15-29(32)34/h6-8,11-12,14-15,19,21,26,28,30,33H,9-10,13,16-18,20,22-23H2,1-5H3,(H,42,51)(H,43,47)(H,49,50)/t26?,28-,30+,33+,40-/m1/s1. The van der Waals surface area contributed by atoms with Gasteiger partial charge in [-0.05, 0) is 64.5 Å². The number of nitrogens with one attached hydrogen (secondary N) is 2. The van der Waals surface area contributed by atoms with Crippen LogP contribution >= 0.6 is 0 Å². The van der Waals surface area contributed by atoms with Crippen molar-refractivity contribution in [1.29, 1.82) is 0 Å². The van der Waals surface area contributed by atoms with Gasteiger partial charge in [-0.1, -0.05) is 36.8 Å². The van der Waals surface area contributed by atoms with E-state index in [1.165, 1.54) is 11.8 Å². The number of pyridine rings is 1. The van der Waals surface area contributed by atoms with Crippen molar-refractivity contribution in [2.75, 3.05) is 26.7 Å². The second-order valence-corrected chi connectivity index (χ2v) is 15.4. The summed E-state index contributed by atoms with van der Waals surface area (Å²) in [5.74, 6) is -1.69. The summed E-state index contributed by atoms with van der Waals surface area (Å²) in [6.45, 7) is 7.10. The summed E-state index contributed by atoms with van der Waals surface area (Å²) in [5, 5.41) is 16.5. The number of aliphatic carboxylic acids is 1. The Morgan fingerprint density at radius 3 is 2.46 bits per heavy atom. The van der Waals surface area contributed by atoms with Crippen LogP contribution in [0.15, 0.2) is 54.6 Å². The molecule has 14 nitrogen and oxygen atoms in total. The highest BCUT2D eigenvalue weighted by molar-refractivity contribution is 5.96. The number of hydrogen-bond acceptors (Lipinski definition) is 9. The molecule has 3 aromatic rings. The Hall–Kier alpha value is -5.40. The molecule has 0 radical (unpaired) electrons. The van der Waals surface area contributed by atoms with Gasteiger partial charge in [-0.2, -0.15) is 0 Å². The number of aromatic nitrogens is 1. The molecule has 2 saturated heterocycles. The summed E-state index contributed by atoms with van der Waals surface area (Å²) in [6.07, 6.45) is 0.691. The molecule has 3 heterocycles.